The van der Waals surface area contributed by atoms with Crippen molar-refractivity contribution in [1.82, 2.24) is 31.5 Å². The first-order valence-corrected chi connectivity index (χ1v) is 19.2. The molecular formula is C39H61N7O6. The Hall–Kier alpha value is -3.81. The van der Waals surface area contributed by atoms with Gasteiger partial charge < -0.3 is 42.0 Å². The molecular weight excluding hydrogens is 662 g/mol. The van der Waals surface area contributed by atoms with E-state index in [0.717, 1.165) is 43.2 Å². The summed E-state index contributed by atoms with van der Waals surface area (Å²) in [5.74, 6) is -1.22. The number of fused-ring (bicyclic) bond motifs is 3. The number of nitrogens with one attached hydrogen (secondary N) is 5. The van der Waals surface area contributed by atoms with E-state index in [2.05, 4.69) is 47.4 Å². The van der Waals surface area contributed by atoms with Crippen molar-refractivity contribution in [3.63, 3.8) is 0 Å². The molecule has 4 atom stereocenters. The molecule has 2 fully saturated rings. The fraction of sp³-hybridized carbons (Fsp3) is 0.667. The van der Waals surface area contributed by atoms with Crippen molar-refractivity contribution in [2.75, 3.05) is 39.4 Å². The molecule has 0 spiro atoms. The molecule has 13 nitrogen and oxygen atoms in total. The van der Waals surface area contributed by atoms with E-state index in [9.17, 15) is 24.0 Å². The van der Waals surface area contributed by atoms with Crippen LogP contribution < -0.4 is 32.3 Å². The van der Waals surface area contributed by atoms with Crippen molar-refractivity contribution in [3.8, 4) is 0 Å². The lowest BCUT2D eigenvalue weighted by Crippen LogP contribution is -2.57. The maximum absolute atomic E-state index is 14.2. The standard InChI is InChI=1S/C39H61N7O6/c1-39(2,3)24-32-37(50)45-31(36(49)41-17-20-52-19-16-40)23-28-11-7-12-29(21-28)25-43-34(47)14-15-35(48)46-18-8-13-33(46)38(51)44-30(26-42-32)22-27-9-5-4-6-10-27/h7,11-12,14-15,21,27,30-33,42H,4-6,8-10,13,16-20,22-26,40H2,1-3H3,(H,41,49)(H,43,47)(H,44,51)(H,45,50)/b15-14+/t30-,31-,32-,33+/m0/s1. The number of hydrogen-bond acceptors (Lipinski definition) is 8. The summed E-state index contributed by atoms with van der Waals surface area (Å²) >= 11 is 0. The molecule has 1 aliphatic carbocycles. The van der Waals surface area contributed by atoms with E-state index in [0.29, 0.717) is 58.0 Å². The minimum absolute atomic E-state index is 0.196. The monoisotopic (exact) mass is 723 g/mol. The Morgan fingerprint density at radius 2 is 1.73 bits per heavy atom. The summed E-state index contributed by atoms with van der Waals surface area (Å²) < 4.78 is 5.43. The van der Waals surface area contributed by atoms with Crippen LogP contribution in [0.25, 0.3) is 0 Å². The molecule has 2 heterocycles. The molecule has 0 aromatic heterocycles. The number of amides is 5. The molecule has 7 N–H and O–H groups in total. The summed E-state index contributed by atoms with van der Waals surface area (Å²) in [6.45, 7) is 8.51. The lowest BCUT2D eigenvalue weighted by molar-refractivity contribution is -0.135. The quantitative estimate of drug-likeness (QED) is 0.209. The van der Waals surface area contributed by atoms with Gasteiger partial charge in [0.05, 0.1) is 19.3 Å². The molecule has 52 heavy (non-hydrogen) atoms. The molecule has 3 aliphatic rings. The summed E-state index contributed by atoms with van der Waals surface area (Å²) in [6.07, 6.45) is 10.9. The predicted molar refractivity (Wildman–Crippen MR) is 200 cm³/mol. The molecule has 0 unspecified atom stereocenters. The highest BCUT2D eigenvalue weighted by Crippen LogP contribution is 2.28. The summed E-state index contributed by atoms with van der Waals surface area (Å²) in [5.41, 5.74) is 6.89. The van der Waals surface area contributed by atoms with Crippen molar-refractivity contribution >= 4 is 29.5 Å². The van der Waals surface area contributed by atoms with Gasteiger partial charge in [-0.15, -0.1) is 0 Å². The van der Waals surface area contributed by atoms with Gasteiger partial charge in [0.2, 0.25) is 29.5 Å². The van der Waals surface area contributed by atoms with Crippen molar-refractivity contribution in [2.45, 2.75) is 116 Å². The van der Waals surface area contributed by atoms with E-state index in [1.807, 2.05) is 24.3 Å². The largest absolute Gasteiger partial charge is 0.378 e. The lowest BCUT2D eigenvalue weighted by atomic mass is 9.84. The predicted octanol–water partition coefficient (Wildman–Crippen LogP) is 1.83. The Kier molecular flexibility index (Phi) is 16.1. The third-order valence-corrected chi connectivity index (χ3v) is 9.99. The van der Waals surface area contributed by atoms with Gasteiger partial charge in [-0.25, -0.2) is 0 Å². The average Bonchev–Trinajstić information content (AvgIpc) is 3.61. The van der Waals surface area contributed by atoms with Gasteiger partial charge >= 0.3 is 0 Å². The number of benzene rings is 1. The molecule has 4 rings (SSSR count). The van der Waals surface area contributed by atoms with E-state index < -0.39 is 24.0 Å². The molecule has 0 radical (unpaired) electrons. The minimum atomic E-state index is -0.884. The Balaban J connectivity index is 1.63. The Morgan fingerprint density at radius 1 is 0.962 bits per heavy atom. The van der Waals surface area contributed by atoms with Crippen LogP contribution in [0, 0.1) is 11.3 Å². The number of hydrogen-bond donors (Lipinski definition) is 6. The summed E-state index contributed by atoms with van der Waals surface area (Å²) in [7, 11) is 0. The van der Waals surface area contributed by atoms with Crippen LogP contribution in [0.3, 0.4) is 0 Å². The normalized spacial score (nSPS) is 25.3. The summed E-state index contributed by atoms with van der Waals surface area (Å²) in [4.78, 5) is 69.1. The van der Waals surface area contributed by atoms with Crippen LogP contribution in [0.2, 0.25) is 0 Å². The van der Waals surface area contributed by atoms with Crippen LogP contribution in [0.5, 0.6) is 0 Å². The molecule has 2 bridgehead atoms. The first-order valence-electron chi connectivity index (χ1n) is 19.2. The minimum Gasteiger partial charge on any atom is -0.378 e. The van der Waals surface area contributed by atoms with Crippen molar-refractivity contribution < 1.29 is 28.7 Å². The van der Waals surface area contributed by atoms with Crippen LogP contribution in [0.15, 0.2) is 36.4 Å². The lowest BCUT2D eigenvalue weighted by Gasteiger charge is -2.32. The molecule has 5 amide bonds. The average molecular weight is 724 g/mol. The summed E-state index contributed by atoms with van der Waals surface area (Å²) in [6, 6.07) is 5.04. The van der Waals surface area contributed by atoms with Gasteiger partial charge in [0.25, 0.3) is 0 Å². The zero-order chi connectivity index (χ0) is 37.5. The zero-order valence-electron chi connectivity index (χ0n) is 31.3. The van der Waals surface area contributed by atoms with E-state index >= 15 is 0 Å². The van der Waals surface area contributed by atoms with Crippen LogP contribution in [0.1, 0.15) is 89.7 Å². The SMILES string of the molecule is CC(C)(C)C[C@@H]1NC[C@H](CC2CCCCC2)NC(=O)[C@H]2CCCN2C(=O)/C=C/C(=O)NCc2cccc(c2)C[C@@H](C(=O)NCCOCCN)NC1=O. The maximum atomic E-state index is 14.2. The van der Waals surface area contributed by atoms with E-state index in [1.54, 1.807) is 4.90 Å². The molecule has 2 aliphatic heterocycles. The van der Waals surface area contributed by atoms with Gasteiger partial charge in [-0.1, -0.05) is 77.1 Å². The van der Waals surface area contributed by atoms with Gasteiger partial charge in [-0.05, 0) is 48.1 Å². The number of nitrogens with two attached hydrogens (primary N) is 1. The van der Waals surface area contributed by atoms with Gasteiger partial charge in [0, 0.05) is 57.3 Å². The number of nitrogens with zero attached hydrogens (tertiary/aromatic N) is 1. The topological polar surface area (TPSA) is 184 Å². The molecule has 13 heteroatoms. The van der Waals surface area contributed by atoms with Gasteiger partial charge in [0.15, 0.2) is 0 Å². The number of ether oxygens (including phenoxy) is 1. The van der Waals surface area contributed by atoms with E-state index in [4.69, 9.17) is 10.5 Å². The van der Waals surface area contributed by atoms with Crippen LogP contribution in [-0.4, -0.2) is 98.0 Å². The Labute approximate surface area is 309 Å². The van der Waals surface area contributed by atoms with E-state index in [-0.39, 0.29) is 54.6 Å². The fourth-order valence-electron chi connectivity index (χ4n) is 7.40. The van der Waals surface area contributed by atoms with Crippen LogP contribution in [0.4, 0.5) is 0 Å². The highest BCUT2D eigenvalue weighted by Gasteiger charge is 2.35. The Bertz CT molecular complexity index is 1390. The van der Waals surface area contributed by atoms with Gasteiger partial charge in [0.1, 0.15) is 12.1 Å². The third-order valence-electron chi connectivity index (χ3n) is 9.99. The number of carbonyl (C=O) groups is 5. The molecule has 1 aromatic carbocycles. The highest BCUT2D eigenvalue weighted by atomic mass is 16.5. The fourth-order valence-corrected chi connectivity index (χ4v) is 7.40. The maximum Gasteiger partial charge on any atom is 0.247 e. The highest BCUT2D eigenvalue weighted by molar-refractivity contribution is 5.99. The van der Waals surface area contributed by atoms with Crippen LogP contribution >= 0.6 is 0 Å². The number of rotatable bonds is 9. The Morgan fingerprint density at radius 3 is 2.48 bits per heavy atom. The molecule has 1 saturated carbocycles. The second kappa shape index (κ2) is 20.4. The second-order valence-corrected chi connectivity index (χ2v) is 15.7. The second-order valence-electron chi connectivity index (χ2n) is 15.7. The number of carbonyl (C=O) groups excluding carboxylic acids is 5. The first-order chi connectivity index (χ1) is 24.9. The third kappa shape index (κ3) is 13.6. The first kappa shape index (κ1) is 41.0. The molecule has 1 aromatic rings. The van der Waals surface area contributed by atoms with Gasteiger partial charge in [-0.2, -0.15) is 0 Å². The van der Waals surface area contributed by atoms with Crippen molar-refractivity contribution in [3.05, 3.63) is 47.5 Å². The summed E-state index contributed by atoms with van der Waals surface area (Å²) in [5, 5.41) is 15.5. The van der Waals surface area contributed by atoms with E-state index in [1.165, 1.54) is 18.6 Å². The molecule has 1 saturated heterocycles. The van der Waals surface area contributed by atoms with Gasteiger partial charge in [-0.3, -0.25) is 24.0 Å². The zero-order valence-corrected chi connectivity index (χ0v) is 31.3. The smallest absolute Gasteiger partial charge is 0.247 e. The molecule has 288 valence electrons. The van der Waals surface area contributed by atoms with Crippen LogP contribution in [-0.2, 0) is 41.7 Å². The van der Waals surface area contributed by atoms with Crippen molar-refractivity contribution in [1.29, 1.82) is 0 Å². The van der Waals surface area contributed by atoms with Crippen molar-refractivity contribution in [2.24, 2.45) is 17.1 Å².